The van der Waals surface area contributed by atoms with E-state index in [1.54, 1.807) is 0 Å². The molecule has 0 saturated heterocycles. The second-order valence-corrected chi connectivity index (χ2v) is 2.55. The van der Waals surface area contributed by atoms with Gasteiger partial charge in [0.15, 0.2) is 5.78 Å². The minimum Gasteiger partial charge on any atom is -0.388 e. The first-order chi connectivity index (χ1) is 4.75. The van der Waals surface area contributed by atoms with Crippen molar-refractivity contribution in [1.29, 1.82) is 0 Å². The van der Waals surface area contributed by atoms with Gasteiger partial charge in [0.1, 0.15) is 0 Å². The molecule has 0 spiro atoms. The Morgan fingerprint density at radius 1 is 1.80 bits per heavy atom. The third kappa shape index (κ3) is 1.27. The van der Waals surface area contributed by atoms with Crippen LogP contribution in [0.15, 0.2) is 11.6 Å². The maximum atomic E-state index is 10.9. The topological polar surface area (TPSA) is 37.3 Å². The number of Topliss-reactive ketones (excluding diaryl/α,β-unsaturated/α-hetero) is 1. The smallest absolute Gasteiger partial charge is 0.161 e. The fourth-order valence-corrected chi connectivity index (χ4v) is 1.16. The number of allylic oxidation sites excluding steroid dienone is 1. The van der Waals surface area contributed by atoms with Crippen molar-refractivity contribution in [3.05, 3.63) is 11.6 Å². The molecule has 0 amide bonds. The Bertz CT molecular complexity index is 170. The van der Waals surface area contributed by atoms with Gasteiger partial charge in [0.25, 0.3) is 0 Å². The summed E-state index contributed by atoms with van der Waals surface area (Å²) in [6, 6.07) is 0. The average Bonchev–Trinajstić information content (AvgIpc) is 2.34. The molecule has 1 N–H and O–H groups in total. The Hall–Kier alpha value is -0.630. The minimum absolute atomic E-state index is 0.120. The number of carbonyl (C=O) groups excluding carboxylic acids is 1. The van der Waals surface area contributed by atoms with Gasteiger partial charge < -0.3 is 5.11 Å². The third-order valence-corrected chi connectivity index (χ3v) is 1.80. The maximum absolute atomic E-state index is 10.9. The van der Waals surface area contributed by atoms with Crippen LogP contribution in [0.1, 0.15) is 26.2 Å². The largest absolute Gasteiger partial charge is 0.388 e. The zero-order valence-corrected chi connectivity index (χ0v) is 6.13. The molecule has 0 aromatic heterocycles. The highest BCUT2D eigenvalue weighted by molar-refractivity contribution is 5.98. The van der Waals surface area contributed by atoms with E-state index in [1.807, 2.05) is 13.0 Å². The molecule has 1 unspecified atom stereocenters. The summed E-state index contributed by atoms with van der Waals surface area (Å²) in [4.78, 5) is 10.9. The van der Waals surface area contributed by atoms with Crippen molar-refractivity contribution in [2.75, 3.05) is 0 Å². The van der Waals surface area contributed by atoms with Crippen molar-refractivity contribution < 1.29 is 9.90 Å². The second kappa shape index (κ2) is 2.97. The van der Waals surface area contributed by atoms with Crippen LogP contribution in [-0.4, -0.2) is 17.0 Å². The molecule has 0 saturated carbocycles. The SMILES string of the molecule is CCC(O)C1=CCCC1=O. The van der Waals surface area contributed by atoms with E-state index in [0.717, 1.165) is 6.42 Å². The number of aliphatic hydroxyl groups is 1. The van der Waals surface area contributed by atoms with Gasteiger partial charge in [0.2, 0.25) is 0 Å². The van der Waals surface area contributed by atoms with Gasteiger partial charge >= 0.3 is 0 Å². The highest BCUT2D eigenvalue weighted by atomic mass is 16.3. The quantitative estimate of drug-likeness (QED) is 0.622. The Labute approximate surface area is 60.6 Å². The Morgan fingerprint density at radius 2 is 2.50 bits per heavy atom. The summed E-state index contributed by atoms with van der Waals surface area (Å²) in [5, 5.41) is 9.24. The van der Waals surface area contributed by atoms with Crippen LogP contribution in [0.3, 0.4) is 0 Å². The van der Waals surface area contributed by atoms with E-state index in [2.05, 4.69) is 0 Å². The van der Waals surface area contributed by atoms with Crippen LogP contribution >= 0.6 is 0 Å². The lowest BCUT2D eigenvalue weighted by Crippen LogP contribution is -2.13. The van der Waals surface area contributed by atoms with Crippen LogP contribution in [0.25, 0.3) is 0 Å². The lowest BCUT2D eigenvalue weighted by molar-refractivity contribution is -0.115. The van der Waals surface area contributed by atoms with Gasteiger partial charge in [0, 0.05) is 12.0 Å². The predicted molar refractivity (Wildman–Crippen MR) is 38.6 cm³/mol. The molecular formula is C8H12O2. The number of hydrogen-bond acceptors (Lipinski definition) is 2. The summed E-state index contributed by atoms with van der Waals surface area (Å²) in [6.07, 6.45) is 3.36. The molecule has 1 aliphatic rings. The van der Waals surface area contributed by atoms with Crippen molar-refractivity contribution >= 4 is 5.78 Å². The van der Waals surface area contributed by atoms with Crippen molar-refractivity contribution in [1.82, 2.24) is 0 Å². The first-order valence-corrected chi connectivity index (χ1v) is 3.67. The molecule has 0 aliphatic heterocycles. The molecular weight excluding hydrogens is 128 g/mol. The fourth-order valence-electron chi connectivity index (χ4n) is 1.16. The van der Waals surface area contributed by atoms with Crippen molar-refractivity contribution in [2.24, 2.45) is 0 Å². The van der Waals surface area contributed by atoms with Gasteiger partial charge in [-0.05, 0) is 12.8 Å². The molecule has 10 heavy (non-hydrogen) atoms. The van der Waals surface area contributed by atoms with Crippen molar-refractivity contribution in [3.8, 4) is 0 Å². The number of rotatable bonds is 2. The van der Waals surface area contributed by atoms with Gasteiger partial charge in [-0.1, -0.05) is 13.0 Å². The van der Waals surface area contributed by atoms with Crippen LogP contribution in [0.2, 0.25) is 0 Å². The standard InChI is InChI=1S/C8H12O2/c1-2-7(9)6-4-3-5-8(6)10/h4,7,9H,2-3,5H2,1H3. The molecule has 2 heteroatoms. The van der Waals surface area contributed by atoms with Crippen LogP contribution in [0, 0.1) is 0 Å². The lowest BCUT2D eigenvalue weighted by atomic mass is 10.1. The van der Waals surface area contributed by atoms with Gasteiger partial charge in [-0.15, -0.1) is 0 Å². The Kier molecular flexibility index (Phi) is 2.22. The molecule has 56 valence electrons. The van der Waals surface area contributed by atoms with Crippen molar-refractivity contribution in [3.63, 3.8) is 0 Å². The number of aliphatic hydroxyl groups excluding tert-OH is 1. The van der Waals surface area contributed by atoms with Crippen LogP contribution in [0.4, 0.5) is 0 Å². The molecule has 0 heterocycles. The summed E-state index contributed by atoms with van der Waals surface area (Å²) in [6.45, 7) is 1.87. The molecule has 0 radical (unpaired) electrons. The average molecular weight is 140 g/mol. The Morgan fingerprint density at radius 3 is 2.90 bits per heavy atom. The summed E-state index contributed by atoms with van der Waals surface area (Å²) in [7, 11) is 0. The molecule has 0 aromatic rings. The van der Waals surface area contributed by atoms with E-state index in [0.29, 0.717) is 18.4 Å². The zero-order chi connectivity index (χ0) is 7.56. The molecule has 1 rings (SSSR count). The van der Waals surface area contributed by atoms with E-state index >= 15 is 0 Å². The first kappa shape index (κ1) is 7.48. The molecule has 0 fully saturated rings. The van der Waals surface area contributed by atoms with E-state index < -0.39 is 6.10 Å². The molecule has 0 bridgehead atoms. The highest BCUT2D eigenvalue weighted by Gasteiger charge is 2.20. The van der Waals surface area contributed by atoms with Crippen LogP contribution < -0.4 is 0 Å². The molecule has 1 aliphatic carbocycles. The summed E-state index contributed by atoms with van der Waals surface area (Å²) >= 11 is 0. The first-order valence-electron chi connectivity index (χ1n) is 3.67. The van der Waals surface area contributed by atoms with Crippen LogP contribution in [-0.2, 0) is 4.79 Å². The molecule has 0 aromatic carbocycles. The van der Waals surface area contributed by atoms with Gasteiger partial charge in [0.05, 0.1) is 6.10 Å². The molecule has 2 nitrogen and oxygen atoms in total. The van der Waals surface area contributed by atoms with Gasteiger partial charge in [-0.2, -0.15) is 0 Å². The van der Waals surface area contributed by atoms with E-state index in [4.69, 9.17) is 0 Å². The number of carbonyl (C=O) groups is 1. The highest BCUT2D eigenvalue weighted by Crippen LogP contribution is 2.18. The number of ketones is 1. The monoisotopic (exact) mass is 140 g/mol. The van der Waals surface area contributed by atoms with E-state index in [9.17, 15) is 9.90 Å². The summed E-state index contributed by atoms with van der Waals surface area (Å²) < 4.78 is 0. The third-order valence-electron chi connectivity index (χ3n) is 1.80. The number of hydrogen-bond donors (Lipinski definition) is 1. The summed E-state index contributed by atoms with van der Waals surface area (Å²) in [5.74, 6) is 0.120. The second-order valence-electron chi connectivity index (χ2n) is 2.55. The van der Waals surface area contributed by atoms with Gasteiger partial charge in [-0.25, -0.2) is 0 Å². The summed E-state index contributed by atoms with van der Waals surface area (Å²) in [5.41, 5.74) is 0.627. The fraction of sp³-hybridized carbons (Fsp3) is 0.625. The maximum Gasteiger partial charge on any atom is 0.161 e. The van der Waals surface area contributed by atoms with Crippen molar-refractivity contribution in [2.45, 2.75) is 32.3 Å². The zero-order valence-electron chi connectivity index (χ0n) is 6.13. The lowest BCUT2D eigenvalue weighted by Gasteiger charge is -2.05. The predicted octanol–water partition coefficient (Wildman–Crippen LogP) is 1.05. The Balaban J connectivity index is 2.62. The van der Waals surface area contributed by atoms with Crippen LogP contribution in [0.5, 0.6) is 0 Å². The molecule has 1 atom stereocenters. The van der Waals surface area contributed by atoms with E-state index in [1.165, 1.54) is 0 Å². The van der Waals surface area contributed by atoms with Gasteiger partial charge in [-0.3, -0.25) is 4.79 Å². The minimum atomic E-state index is -0.519. The normalized spacial score (nSPS) is 21.0. The van der Waals surface area contributed by atoms with E-state index in [-0.39, 0.29) is 5.78 Å².